The zero-order valence-electron chi connectivity index (χ0n) is 12.7. The molecule has 0 aliphatic heterocycles. The quantitative estimate of drug-likeness (QED) is 0.806. The van der Waals surface area contributed by atoms with Gasteiger partial charge in [-0.25, -0.2) is 4.79 Å². The summed E-state index contributed by atoms with van der Waals surface area (Å²) in [7, 11) is 0. The van der Waals surface area contributed by atoms with E-state index in [1.54, 1.807) is 4.90 Å². The molecule has 0 spiro atoms. The molecule has 2 N–H and O–H groups in total. The minimum Gasteiger partial charge on any atom is -0.395 e. The first-order valence-corrected chi connectivity index (χ1v) is 7.29. The van der Waals surface area contributed by atoms with E-state index in [2.05, 4.69) is 19.2 Å². The van der Waals surface area contributed by atoms with Crippen LogP contribution in [0.4, 0.5) is 4.79 Å². The van der Waals surface area contributed by atoms with Crippen molar-refractivity contribution in [3.8, 4) is 0 Å². The zero-order chi connectivity index (χ0) is 15.0. The third kappa shape index (κ3) is 5.21. The van der Waals surface area contributed by atoms with Gasteiger partial charge in [-0.05, 0) is 24.8 Å². The highest BCUT2D eigenvalue weighted by atomic mass is 16.3. The average molecular weight is 278 g/mol. The molecule has 20 heavy (non-hydrogen) atoms. The lowest BCUT2D eigenvalue weighted by molar-refractivity contribution is 0.176. The molecule has 1 aromatic rings. The average Bonchev–Trinajstić information content (AvgIpc) is 2.44. The first-order chi connectivity index (χ1) is 9.58. The normalized spacial score (nSPS) is 12.2. The van der Waals surface area contributed by atoms with Gasteiger partial charge in [0.25, 0.3) is 0 Å². The number of hydrogen-bond acceptors (Lipinski definition) is 2. The number of carbonyl (C=O) groups excluding carboxylic acids is 1. The second kappa shape index (κ2) is 8.59. The van der Waals surface area contributed by atoms with Crippen molar-refractivity contribution in [2.75, 3.05) is 19.7 Å². The Morgan fingerprint density at radius 2 is 1.95 bits per heavy atom. The molecule has 1 unspecified atom stereocenters. The molecule has 0 aliphatic rings. The number of carbonyl (C=O) groups is 1. The molecule has 112 valence electrons. The zero-order valence-corrected chi connectivity index (χ0v) is 12.7. The molecule has 1 aromatic carbocycles. The van der Waals surface area contributed by atoms with Gasteiger partial charge < -0.3 is 15.3 Å². The second-order valence-electron chi connectivity index (χ2n) is 5.35. The van der Waals surface area contributed by atoms with Crippen LogP contribution in [0, 0.1) is 5.92 Å². The van der Waals surface area contributed by atoms with Gasteiger partial charge in [-0.3, -0.25) is 0 Å². The number of amides is 2. The molecule has 0 heterocycles. The standard InChI is InChI=1S/C16H26N2O2/c1-4-18(10-11-19)16(20)17-15(12-13(2)3)14-8-6-5-7-9-14/h5-9,13,15,19H,4,10-12H2,1-3H3,(H,17,20). The Morgan fingerprint density at radius 3 is 2.45 bits per heavy atom. The third-order valence-corrected chi connectivity index (χ3v) is 3.25. The Hall–Kier alpha value is -1.55. The van der Waals surface area contributed by atoms with Gasteiger partial charge in [0.1, 0.15) is 0 Å². The molecule has 1 rings (SSSR count). The predicted octanol–water partition coefficient (Wildman–Crippen LogP) is 2.80. The van der Waals surface area contributed by atoms with Gasteiger partial charge in [0.2, 0.25) is 0 Å². The van der Waals surface area contributed by atoms with Crippen LogP contribution in [0.3, 0.4) is 0 Å². The highest BCUT2D eigenvalue weighted by Gasteiger charge is 2.19. The third-order valence-electron chi connectivity index (χ3n) is 3.25. The molecule has 0 saturated heterocycles. The molecular formula is C16H26N2O2. The van der Waals surface area contributed by atoms with Crippen LogP contribution in [0.25, 0.3) is 0 Å². The number of likely N-dealkylation sites (N-methyl/N-ethyl adjacent to an activating group) is 1. The Bertz CT molecular complexity index is 393. The van der Waals surface area contributed by atoms with E-state index < -0.39 is 0 Å². The molecule has 0 saturated carbocycles. The maximum Gasteiger partial charge on any atom is 0.317 e. The van der Waals surface area contributed by atoms with E-state index >= 15 is 0 Å². The predicted molar refractivity (Wildman–Crippen MR) is 81.5 cm³/mol. The maximum absolute atomic E-state index is 12.2. The Balaban J connectivity index is 2.77. The van der Waals surface area contributed by atoms with Crippen LogP contribution in [-0.2, 0) is 0 Å². The van der Waals surface area contributed by atoms with Crippen molar-refractivity contribution < 1.29 is 9.90 Å². The lowest BCUT2D eigenvalue weighted by atomic mass is 9.97. The van der Waals surface area contributed by atoms with E-state index in [4.69, 9.17) is 5.11 Å². The lowest BCUT2D eigenvalue weighted by Crippen LogP contribution is -2.43. The molecule has 2 amide bonds. The summed E-state index contributed by atoms with van der Waals surface area (Å²) in [5.41, 5.74) is 1.12. The summed E-state index contributed by atoms with van der Waals surface area (Å²) < 4.78 is 0. The van der Waals surface area contributed by atoms with Crippen molar-refractivity contribution in [2.45, 2.75) is 33.2 Å². The molecule has 0 aliphatic carbocycles. The fraction of sp³-hybridized carbons (Fsp3) is 0.562. The van der Waals surface area contributed by atoms with E-state index in [9.17, 15) is 4.79 Å². The van der Waals surface area contributed by atoms with E-state index in [0.717, 1.165) is 12.0 Å². The van der Waals surface area contributed by atoms with Crippen LogP contribution >= 0.6 is 0 Å². The van der Waals surface area contributed by atoms with Gasteiger partial charge in [0.15, 0.2) is 0 Å². The number of urea groups is 1. The van der Waals surface area contributed by atoms with E-state index in [0.29, 0.717) is 19.0 Å². The van der Waals surface area contributed by atoms with E-state index in [1.807, 2.05) is 37.3 Å². The van der Waals surface area contributed by atoms with Crippen LogP contribution in [0.15, 0.2) is 30.3 Å². The molecule has 0 aromatic heterocycles. The fourth-order valence-electron chi connectivity index (χ4n) is 2.20. The maximum atomic E-state index is 12.2. The van der Waals surface area contributed by atoms with Gasteiger partial charge in [-0.1, -0.05) is 44.2 Å². The van der Waals surface area contributed by atoms with Crippen molar-refractivity contribution in [1.82, 2.24) is 10.2 Å². The monoisotopic (exact) mass is 278 g/mol. The summed E-state index contributed by atoms with van der Waals surface area (Å²) >= 11 is 0. The number of rotatable bonds is 7. The second-order valence-corrected chi connectivity index (χ2v) is 5.35. The smallest absolute Gasteiger partial charge is 0.317 e. The summed E-state index contributed by atoms with van der Waals surface area (Å²) in [5, 5.41) is 12.1. The lowest BCUT2D eigenvalue weighted by Gasteiger charge is -2.26. The first kappa shape index (κ1) is 16.5. The highest BCUT2D eigenvalue weighted by molar-refractivity contribution is 5.74. The van der Waals surface area contributed by atoms with Crippen LogP contribution in [0.1, 0.15) is 38.8 Å². The number of nitrogens with zero attached hydrogens (tertiary/aromatic N) is 1. The number of aliphatic hydroxyl groups excluding tert-OH is 1. The first-order valence-electron chi connectivity index (χ1n) is 7.29. The van der Waals surface area contributed by atoms with Crippen LogP contribution in [0.2, 0.25) is 0 Å². The molecule has 4 nitrogen and oxygen atoms in total. The summed E-state index contributed by atoms with van der Waals surface area (Å²) in [4.78, 5) is 13.9. The minimum atomic E-state index is -0.115. The van der Waals surface area contributed by atoms with Gasteiger partial charge in [-0.15, -0.1) is 0 Å². The van der Waals surface area contributed by atoms with Crippen molar-refractivity contribution in [3.63, 3.8) is 0 Å². The van der Waals surface area contributed by atoms with Crippen molar-refractivity contribution in [2.24, 2.45) is 5.92 Å². The van der Waals surface area contributed by atoms with Crippen LogP contribution in [-0.4, -0.2) is 35.7 Å². The number of hydrogen-bond donors (Lipinski definition) is 2. The summed E-state index contributed by atoms with van der Waals surface area (Å²) in [5.74, 6) is 0.494. The summed E-state index contributed by atoms with van der Waals surface area (Å²) in [6.07, 6.45) is 0.895. The summed E-state index contributed by atoms with van der Waals surface area (Å²) in [6, 6.07) is 9.92. The molecular weight excluding hydrogens is 252 g/mol. The fourth-order valence-corrected chi connectivity index (χ4v) is 2.20. The van der Waals surface area contributed by atoms with Crippen molar-refractivity contribution in [3.05, 3.63) is 35.9 Å². The topological polar surface area (TPSA) is 52.6 Å². The SMILES string of the molecule is CCN(CCO)C(=O)NC(CC(C)C)c1ccccc1. The van der Waals surface area contributed by atoms with Gasteiger partial charge in [0.05, 0.1) is 12.6 Å². The van der Waals surface area contributed by atoms with E-state index in [1.165, 1.54) is 0 Å². The minimum absolute atomic E-state index is 0.0106. The molecule has 1 atom stereocenters. The van der Waals surface area contributed by atoms with Crippen molar-refractivity contribution >= 4 is 6.03 Å². The molecule has 0 fully saturated rings. The van der Waals surface area contributed by atoms with Crippen LogP contribution in [0.5, 0.6) is 0 Å². The molecule has 4 heteroatoms. The number of benzene rings is 1. The van der Waals surface area contributed by atoms with Gasteiger partial charge in [0, 0.05) is 13.1 Å². The number of aliphatic hydroxyl groups is 1. The van der Waals surface area contributed by atoms with Crippen LogP contribution < -0.4 is 5.32 Å². The molecule has 0 bridgehead atoms. The van der Waals surface area contributed by atoms with Gasteiger partial charge >= 0.3 is 6.03 Å². The Kier molecular flexibility index (Phi) is 7.09. The van der Waals surface area contributed by atoms with Gasteiger partial charge in [-0.2, -0.15) is 0 Å². The van der Waals surface area contributed by atoms with Crippen molar-refractivity contribution in [1.29, 1.82) is 0 Å². The Morgan fingerprint density at radius 1 is 1.30 bits per heavy atom. The largest absolute Gasteiger partial charge is 0.395 e. The highest BCUT2D eigenvalue weighted by Crippen LogP contribution is 2.21. The number of nitrogens with one attached hydrogen (secondary N) is 1. The van der Waals surface area contributed by atoms with E-state index in [-0.39, 0.29) is 18.7 Å². The Labute approximate surface area is 121 Å². The molecule has 0 radical (unpaired) electrons. The summed E-state index contributed by atoms with van der Waals surface area (Å²) in [6.45, 7) is 7.15.